The fraction of sp³-hybridized carbons (Fsp3) is 0.250. The molecule has 0 spiro atoms. The van der Waals surface area contributed by atoms with Gasteiger partial charge in [0, 0.05) is 11.6 Å². The molecule has 0 fully saturated rings. The van der Waals surface area contributed by atoms with Crippen LogP contribution in [0.25, 0.3) is 11.1 Å². The van der Waals surface area contributed by atoms with Gasteiger partial charge in [-0.05, 0) is 19.1 Å². The van der Waals surface area contributed by atoms with E-state index in [0.29, 0.717) is 12.4 Å². The quantitative estimate of drug-likeness (QED) is 0.879. The van der Waals surface area contributed by atoms with Gasteiger partial charge in [0.05, 0.1) is 25.5 Å². The lowest BCUT2D eigenvalue weighted by Crippen LogP contribution is -1.96. The molecule has 0 radical (unpaired) electrons. The molecule has 5 heteroatoms. The fourth-order valence-corrected chi connectivity index (χ4v) is 1.58. The van der Waals surface area contributed by atoms with E-state index >= 15 is 0 Å². The normalized spacial score (nSPS) is 10.2. The van der Waals surface area contributed by atoms with Crippen molar-refractivity contribution in [2.45, 2.75) is 6.92 Å². The van der Waals surface area contributed by atoms with Gasteiger partial charge in [-0.3, -0.25) is 0 Å². The number of nitrogen functional groups attached to an aromatic ring is 1. The minimum absolute atomic E-state index is 0.274. The Morgan fingerprint density at radius 3 is 2.76 bits per heavy atom. The van der Waals surface area contributed by atoms with Crippen molar-refractivity contribution in [3.8, 4) is 22.6 Å². The third kappa shape index (κ3) is 2.18. The van der Waals surface area contributed by atoms with Crippen molar-refractivity contribution in [1.82, 2.24) is 5.16 Å². The highest BCUT2D eigenvalue weighted by molar-refractivity contribution is 5.77. The third-order valence-corrected chi connectivity index (χ3v) is 2.38. The molecule has 2 aromatic rings. The molecule has 17 heavy (non-hydrogen) atoms. The number of anilines is 1. The molecule has 0 atom stereocenters. The van der Waals surface area contributed by atoms with E-state index in [1.54, 1.807) is 13.3 Å². The summed E-state index contributed by atoms with van der Waals surface area (Å²) in [6, 6.07) is 5.52. The zero-order chi connectivity index (χ0) is 12.3. The van der Waals surface area contributed by atoms with Crippen LogP contribution in [0, 0.1) is 0 Å². The molecule has 5 nitrogen and oxygen atoms in total. The molecular formula is C12H14N2O3. The average molecular weight is 234 g/mol. The van der Waals surface area contributed by atoms with Crippen LogP contribution in [-0.4, -0.2) is 18.9 Å². The number of nitrogens with zero attached hydrogens (tertiary/aromatic N) is 1. The molecule has 1 aromatic heterocycles. The number of ether oxygens (including phenoxy) is 2. The second-order valence-corrected chi connectivity index (χ2v) is 3.40. The molecule has 0 aliphatic carbocycles. The Hall–Kier alpha value is -2.17. The first-order valence-corrected chi connectivity index (χ1v) is 5.27. The monoisotopic (exact) mass is 234 g/mol. The summed E-state index contributed by atoms with van der Waals surface area (Å²) in [7, 11) is 1.61. The molecule has 0 amide bonds. The second-order valence-electron chi connectivity index (χ2n) is 3.40. The lowest BCUT2D eigenvalue weighted by Gasteiger charge is -2.10. The number of rotatable bonds is 4. The van der Waals surface area contributed by atoms with Crippen LogP contribution in [-0.2, 0) is 0 Å². The summed E-state index contributed by atoms with van der Waals surface area (Å²) >= 11 is 0. The van der Waals surface area contributed by atoms with Crippen LogP contribution >= 0.6 is 0 Å². The molecule has 0 saturated carbocycles. The smallest absolute Gasteiger partial charge is 0.230 e. The predicted molar refractivity (Wildman–Crippen MR) is 64.1 cm³/mol. The summed E-state index contributed by atoms with van der Waals surface area (Å²) in [4.78, 5) is 0. The summed E-state index contributed by atoms with van der Waals surface area (Å²) < 4.78 is 15.6. The zero-order valence-corrected chi connectivity index (χ0v) is 9.77. The molecule has 2 N–H and O–H groups in total. The van der Waals surface area contributed by atoms with Gasteiger partial charge in [-0.25, -0.2) is 0 Å². The molecule has 2 rings (SSSR count). The van der Waals surface area contributed by atoms with Gasteiger partial charge in [0.15, 0.2) is 0 Å². The van der Waals surface area contributed by atoms with Gasteiger partial charge in [0.25, 0.3) is 0 Å². The van der Waals surface area contributed by atoms with Crippen molar-refractivity contribution in [3.63, 3.8) is 0 Å². The summed E-state index contributed by atoms with van der Waals surface area (Å²) in [6.07, 6.45) is 1.57. The second kappa shape index (κ2) is 4.78. The van der Waals surface area contributed by atoms with E-state index in [9.17, 15) is 0 Å². The van der Waals surface area contributed by atoms with E-state index < -0.39 is 0 Å². The Bertz CT molecular complexity index is 508. The van der Waals surface area contributed by atoms with E-state index in [4.69, 9.17) is 19.7 Å². The minimum atomic E-state index is 0.274. The van der Waals surface area contributed by atoms with Crippen molar-refractivity contribution in [1.29, 1.82) is 0 Å². The van der Waals surface area contributed by atoms with E-state index in [0.717, 1.165) is 16.9 Å². The SMILES string of the molecule is CCOc1cc(OC)ccc1-c1cnoc1N. The zero-order valence-electron chi connectivity index (χ0n) is 9.77. The number of benzene rings is 1. The van der Waals surface area contributed by atoms with Crippen LogP contribution < -0.4 is 15.2 Å². The summed E-state index contributed by atoms with van der Waals surface area (Å²) in [5.41, 5.74) is 7.25. The lowest BCUT2D eigenvalue weighted by molar-refractivity contribution is 0.337. The maximum absolute atomic E-state index is 5.69. The maximum atomic E-state index is 5.69. The molecule has 0 aliphatic rings. The van der Waals surface area contributed by atoms with Crippen molar-refractivity contribution in [3.05, 3.63) is 24.4 Å². The largest absolute Gasteiger partial charge is 0.497 e. The topological polar surface area (TPSA) is 70.5 Å². The number of hydrogen-bond donors (Lipinski definition) is 1. The molecule has 0 aliphatic heterocycles. The molecule has 0 saturated heterocycles. The Labute approximate surface area is 99.1 Å². The standard InChI is InChI=1S/C12H14N2O3/c1-3-16-11-6-8(15-2)4-5-9(11)10-7-14-17-12(10)13/h4-7H,3,13H2,1-2H3. The number of hydrogen-bond acceptors (Lipinski definition) is 5. The van der Waals surface area contributed by atoms with Crippen molar-refractivity contribution >= 4 is 5.88 Å². The van der Waals surface area contributed by atoms with E-state index in [-0.39, 0.29) is 5.88 Å². The van der Waals surface area contributed by atoms with Gasteiger partial charge < -0.3 is 19.7 Å². The molecule has 90 valence electrons. The first kappa shape index (κ1) is 11.3. The highest BCUT2D eigenvalue weighted by atomic mass is 16.5. The number of nitrogens with two attached hydrogens (primary N) is 1. The van der Waals surface area contributed by atoms with Crippen LogP contribution in [0.3, 0.4) is 0 Å². The highest BCUT2D eigenvalue weighted by Crippen LogP contribution is 2.36. The minimum Gasteiger partial charge on any atom is -0.497 e. The Morgan fingerprint density at radius 2 is 2.18 bits per heavy atom. The summed E-state index contributed by atoms with van der Waals surface area (Å²) in [6.45, 7) is 2.48. The Kier molecular flexibility index (Phi) is 3.18. The van der Waals surface area contributed by atoms with Crippen molar-refractivity contribution < 1.29 is 14.0 Å². The highest BCUT2D eigenvalue weighted by Gasteiger charge is 2.13. The van der Waals surface area contributed by atoms with E-state index in [2.05, 4.69) is 5.16 Å². The third-order valence-electron chi connectivity index (χ3n) is 2.38. The van der Waals surface area contributed by atoms with Crippen LogP contribution in [0.4, 0.5) is 5.88 Å². The van der Waals surface area contributed by atoms with Crippen LogP contribution in [0.2, 0.25) is 0 Å². The van der Waals surface area contributed by atoms with Crippen LogP contribution in [0.5, 0.6) is 11.5 Å². The molecule has 0 unspecified atom stereocenters. The Balaban J connectivity index is 2.49. The van der Waals surface area contributed by atoms with Gasteiger partial charge >= 0.3 is 0 Å². The summed E-state index contributed by atoms with van der Waals surface area (Å²) in [5, 5.41) is 3.66. The van der Waals surface area contributed by atoms with Crippen LogP contribution in [0.15, 0.2) is 28.9 Å². The number of methoxy groups -OCH3 is 1. The van der Waals surface area contributed by atoms with Gasteiger partial charge in [0.1, 0.15) is 11.5 Å². The first-order valence-electron chi connectivity index (χ1n) is 5.27. The van der Waals surface area contributed by atoms with E-state index in [1.807, 2.05) is 25.1 Å². The summed E-state index contributed by atoms with van der Waals surface area (Å²) in [5.74, 6) is 1.70. The lowest BCUT2D eigenvalue weighted by atomic mass is 10.1. The molecule has 0 bridgehead atoms. The maximum Gasteiger partial charge on any atom is 0.230 e. The first-order chi connectivity index (χ1) is 8.26. The molecule has 1 aromatic carbocycles. The van der Waals surface area contributed by atoms with Gasteiger partial charge in [-0.2, -0.15) is 0 Å². The van der Waals surface area contributed by atoms with Gasteiger partial charge in [-0.15, -0.1) is 0 Å². The molecule has 1 heterocycles. The average Bonchev–Trinajstić information content (AvgIpc) is 2.76. The predicted octanol–water partition coefficient (Wildman–Crippen LogP) is 2.33. The van der Waals surface area contributed by atoms with Gasteiger partial charge in [-0.1, -0.05) is 5.16 Å². The van der Waals surface area contributed by atoms with Crippen molar-refractivity contribution in [2.24, 2.45) is 0 Å². The van der Waals surface area contributed by atoms with Crippen LogP contribution in [0.1, 0.15) is 6.92 Å². The number of aromatic nitrogens is 1. The van der Waals surface area contributed by atoms with E-state index in [1.165, 1.54) is 0 Å². The van der Waals surface area contributed by atoms with Gasteiger partial charge in [0.2, 0.25) is 5.88 Å². The molecular weight excluding hydrogens is 220 g/mol. The Morgan fingerprint density at radius 1 is 1.35 bits per heavy atom. The fourth-order valence-electron chi connectivity index (χ4n) is 1.58. The van der Waals surface area contributed by atoms with Crippen molar-refractivity contribution in [2.75, 3.05) is 19.5 Å².